The molecule has 100 valence electrons. The number of carbonyl (C=O) groups excluding carboxylic acids is 1. The molecule has 20 heavy (non-hydrogen) atoms. The normalized spacial score (nSPS) is 12.0. The quantitative estimate of drug-likeness (QED) is 0.437. The van der Waals surface area contributed by atoms with E-state index in [0.29, 0.717) is 5.71 Å². The lowest BCUT2D eigenvalue weighted by Gasteiger charge is -2.00. The van der Waals surface area contributed by atoms with Crippen LogP contribution in [0.1, 0.15) is 19.4 Å². The molecule has 0 fully saturated rings. The number of nitrogens with zero attached hydrogens (tertiary/aromatic N) is 1. The number of aromatic amines is 1. The summed E-state index contributed by atoms with van der Waals surface area (Å²) in [4.78, 5) is 18.8. The van der Waals surface area contributed by atoms with Crippen LogP contribution < -0.4 is 0 Å². The molecular formula is C16H14N2O2. The Balaban J connectivity index is 2.12. The number of aromatic nitrogens is 1. The number of rotatable bonds is 2. The van der Waals surface area contributed by atoms with E-state index in [1.54, 1.807) is 0 Å². The van der Waals surface area contributed by atoms with Crippen LogP contribution in [0.5, 0.6) is 0 Å². The summed E-state index contributed by atoms with van der Waals surface area (Å²) in [5.41, 5.74) is 3.79. The molecule has 0 bridgehead atoms. The zero-order chi connectivity index (χ0) is 14.1. The molecule has 0 aliphatic rings. The number of fused-ring (bicyclic) bond motifs is 3. The number of hydrogen-bond acceptors (Lipinski definition) is 3. The SMILES string of the molecule is CC(=O)ON=C(C)c1ccc2[nH]c3ccccc3c2c1. The number of H-pyrrole nitrogens is 1. The summed E-state index contributed by atoms with van der Waals surface area (Å²) < 4.78 is 0. The van der Waals surface area contributed by atoms with Gasteiger partial charge in [-0.3, -0.25) is 0 Å². The van der Waals surface area contributed by atoms with Gasteiger partial charge in [-0.25, -0.2) is 4.79 Å². The second-order valence-electron chi connectivity index (χ2n) is 4.69. The highest BCUT2D eigenvalue weighted by atomic mass is 16.7. The summed E-state index contributed by atoms with van der Waals surface area (Å²) in [5.74, 6) is -0.419. The second kappa shape index (κ2) is 4.81. The van der Waals surface area contributed by atoms with E-state index in [2.05, 4.69) is 33.2 Å². The Kier molecular flexibility index (Phi) is 2.99. The van der Waals surface area contributed by atoms with E-state index in [9.17, 15) is 4.79 Å². The van der Waals surface area contributed by atoms with Gasteiger partial charge >= 0.3 is 5.97 Å². The summed E-state index contributed by atoms with van der Waals surface area (Å²) in [7, 11) is 0. The molecule has 0 saturated carbocycles. The maximum atomic E-state index is 10.8. The lowest BCUT2D eigenvalue weighted by atomic mass is 10.1. The Morgan fingerprint density at radius 2 is 1.80 bits per heavy atom. The van der Waals surface area contributed by atoms with Gasteiger partial charge in [-0.05, 0) is 30.7 Å². The molecule has 0 atom stereocenters. The Hall–Kier alpha value is -2.62. The van der Waals surface area contributed by atoms with Gasteiger partial charge in [-0.15, -0.1) is 0 Å². The molecule has 0 spiro atoms. The van der Waals surface area contributed by atoms with Crippen LogP contribution >= 0.6 is 0 Å². The first kappa shape index (κ1) is 12.4. The highest BCUT2D eigenvalue weighted by Crippen LogP contribution is 2.26. The van der Waals surface area contributed by atoms with Crippen molar-refractivity contribution in [3.05, 3.63) is 48.0 Å². The van der Waals surface area contributed by atoms with Gasteiger partial charge in [0.2, 0.25) is 0 Å². The van der Waals surface area contributed by atoms with E-state index >= 15 is 0 Å². The Morgan fingerprint density at radius 3 is 2.60 bits per heavy atom. The molecular weight excluding hydrogens is 252 g/mol. The van der Waals surface area contributed by atoms with Gasteiger partial charge < -0.3 is 9.82 Å². The summed E-state index contributed by atoms with van der Waals surface area (Å²) >= 11 is 0. The van der Waals surface area contributed by atoms with E-state index in [-0.39, 0.29) is 0 Å². The van der Waals surface area contributed by atoms with Crippen LogP contribution in [-0.4, -0.2) is 16.7 Å². The molecule has 2 aromatic carbocycles. The van der Waals surface area contributed by atoms with Crippen molar-refractivity contribution in [2.75, 3.05) is 0 Å². The first-order valence-electron chi connectivity index (χ1n) is 6.38. The summed E-state index contributed by atoms with van der Waals surface area (Å²) in [6, 6.07) is 14.2. The molecule has 4 heteroatoms. The molecule has 1 heterocycles. The molecule has 0 radical (unpaired) electrons. The van der Waals surface area contributed by atoms with Gasteiger partial charge in [-0.2, -0.15) is 0 Å². The van der Waals surface area contributed by atoms with Crippen LogP contribution in [0.15, 0.2) is 47.6 Å². The lowest BCUT2D eigenvalue weighted by Crippen LogP contribution is -1.99. The van der Waals surface area contributed by atoms with Crippen molar-refractivity contribution in [1.29, 1.82) is 0 Å². The van der Waals surface area contributed by atoms with Crippen molar-refractivity contribution >= 4 is 33.5 Å². The van der Waals surface area contributed by atoms with Gasteiger partial charge in [0.25, 0.3) is 0 Å². The predicted molar refractivity (Wildman–Crippen MR) is 79.8 cm³/mol. The minimum absolute atomic E-state index is 0.419. The maximum absolute atomic E-state index is 10.8. The molecule has 0 aliphatic carbocycles. The minimum atomic E-state index is -0.419. The van der Waals surface area contributed by atoms with Gasteiger partial charge in [0.1, 0.15) is 0 Å². The van der Waals surface area contributed by atoms with Gasteiger partial charge in [0, 0.05) is 28.7 Å². The van der Waals surface area contributed by atoms with Crippen molar-refractivity contribution < 1.29 is 9.63 Å². The van der Waals surface area contributed by atoms with Crippen LogP contribution in [0.4, 0.5) is 0 Å². The topological polar surface area (TPSA) is 54.4 Å². The maximum Gasteiger partial charge on any atom is 0.331 e. The molecule has 0 amide bonds. The smallest absolute Gasteiger partial charge is 0.331 e. The standard InChI is InChI=1S/C16H14N2O2/c1-10(18-20-11(2)19)12-7-8-16-14(9-12)13-5-3-4-6-15(13)17-16/h3-9,17H,1-2H3. The van der Waals surface area contributed by atoms with Gasteiger partial charge in [-0.1, -0.05) is 29.4 Å². The monoisotopic (exact) mass is 266 g/mol. The van der Waals surface area contributed by atoms with E-state index in [0.717, 1.165) is 22.0 Å². The Bertz CT molecular complexity index is 831. The van der Waals surface area contributed by atoms with Gasteiger partial charge in [0.05, 0.1) is 5.71 Å². The molecule has 4 nitrogen and oxygen atoms in total. The predicted octanol–water partition coefficient (Wildman–Crippen LogP) is 3.61. The van der Waals surface area contributed by atoms with Crippen LogP contribution in [-0.2, 0) is 9.63 Å². The van der Waals surface area contributed by atoms with Crippen molar-refractivity contribution in [2.45, 2.75) is 13.8 Å². The van der Waals surface area contributed by atoms with Crippen LogP contribution in [0.2, 0.25) is 0 Å². The van der Waals surface area contributed by atoms with E-state index in [1.165, 1.54) is 12.3 Å². The average Bonchev–Trinajstić information content (AvgIpc) is 2.82. The molecule has 1 aromatic heterocycles. The van der Waals surface area contributed by atoms with Crippen molar-refractivity contribution in [3.8, 4) is 0 Å². The van der Waals surface area contributed by atoms with Crippen LogP contribution in [0.3, 0.4) is 0 Å². The largest absolute Gasteiger partial charge is 0.355 e. The number of hydrogen-bond donors (Lipinski definition) is 1. The minimum Gasteiger partial charge on any atom is -0.355 e. The summed E-state index contributed by atoms with van der Waals surface area (Å²) in [6.07, 6.45) is 0. The fourth-order valence-corrected chi connectivity index (χ4v) is 2.26. The molecule has 0 unspecified atom stereocenters. The molecule has 0 aliphatic heterocycles. The number of nitrogens with one attached hydrogen (secondary N) is 1. The van der Waals surface area contributed by atoms with E-state index in [1.807, 2.05) is 31.2 Å². The fraction of sp³-hybridized carbons (Fsp3) is 0.125. The van der Waals surface area contributed by atoms with Crippen LogP contribution in [0, 0.1) is 0 Å². The number of oxime groups is 1. The summed E-state index contributed by atoms with van der Waals surface area (Å²) in [5, 5.41) is 6.13. The van der Waals surface area contributed by atoms with Crippen molar-refractivity contribution in [3.63, 3.8) is 0 Å². The third-order valence-electron chi connectivity index (χ3n) is 3.24. The van der Waals surface area contributed by atoms with Crippen molar-refractivity contribution in [1.82, 2.24) is 4.98 Å². The first-order chi connectivity index (χ1) is 9.65. The van der Waals surface area contributed by atoms with E-state index < -0.39 is 5.97 Å². The number of benzene rings is 2. The molecule has 0 saturated heterocycles. The number of para-hydroxylation sites is 1. The van der Waals surface area contributed by atoms with Gasteiger partial charge in [0.15, 0.2) is 0 Å². The zero-order valence-electron chi connectivity index (χ0n) is 11.3. The van der Waals surface area contributed by atoms with E-state index in [4.69, 9.17) is 0 Å². The molecule has 3 aromatic rings. The number of carbonyl (C=O) groups is 1. The lowest BCUT2D eigenvalue weighted by molar-refractivity contribution is -0.140. The zero-order valence-corrected chi connectivity index (χ0v) is 11.3. The summed E-state index contributed by atoms with van der Waals surface area (Å²) in [6.45, 7) is 3.15. The van der Waals surface area contributed by atoms with Crippen LogP contribution in [0.25, 0.3) is 21.8 Å². The Morgan fingerprint density at radius 1 is 1.05 bits per heavy atom. The average molecular weight is 266 g/mol. The fourth-order valence-electron chi connectivity index (χ4n) is 2.26. The Labute approximate surface area is 116 Å². The third-order valence-corrected chi connectivity index (χ3v) is 3.24. The molecule has 1 N–H and O–H groups in total. The molecule has 3 rings (SSSR count). The highest BCUT2D eigenvalue weighted by Gasteiger charge is 2.06. The van der Waals surface area contributed by atoms with Crippen molar-refractivity contribution in [2.24, 2.45) is 5.16 Å². The first-order valence-corrected chi connectivity index (χ1v) is 6.38. The third kappa shape index (κ3) is 2.16. The highest BCUT2D eigenvalue weighted by molar-refractivity contribution is 6.10. The second-order valence-corrected chi connectivity index (χ2v) is 4.69.